The molecule has 1 aromatic heterocycles. The number of aromatic nitrogens is 2. The zero-order valence-corrected chi connectivity index (χ0v) is 10.4. The van der Waals surface area contributed by atoms with E-state index in [1.54, 1.807) is 0 Å². The Kier molecular flexibility index (Phi) is 4.50. The summed E-state index contributed by atoms with van der Waals surface area (Å²) in [6.07, 6.45) is 5.12. The number of aliphatic hydroxyl groups is 1. The topological polar surface area (TPSA) is 62.4 Å². The quantitative estimate of drug-likeness (QED) is 0.812. The number of hydrogen-bond acceptors (Lipinski definition) is 5. The molecule has 96 valence electrons. The minimum absolute atomic E-state index is 0.256. The molecular weight excluding hydrogens is 218 g/mol. The van der Waals surface area contributed by atoms with Crippen molar-refractivity contribution in [1.82, 2.24) is 15.0 Å². The molecule has 0 radical (unpaired) electrons. The van der Waals surface area contributed by atoms with Crippen molar-refractivity contribution in [2.45, 2.75) is 51.6 Å². The molecule has 1 aromatic rings. The third kappa shape index (κ3) is 3.26. The lowest BCUT2D eigenvalue weighted by Gasteiger charge is -2.21. The second kappa shape index (κ2) is 6.12. The Balaban J connectivity index is 1.90. The Morgan fingerprint density at radius 3 is 3.18 bits per heavy atom. The van der Waals surface area contributed by atoms with E-state index in [1.807, 2.05) is 0 Å². The highest BCUT2D eigenvalue weighted by Gasteiger charge is 2.25. The van der Waals surface area contributed by atoms with Crippen LogP contribution in [0.4, 0.5) is 0 Å². The fraction of sp³-hybridized carbons (Fsp3) is 0.833. The smallest absolute Gasteiger partial charge is 0.240 e. The molecule has 1 saturated heterocycles. The Morgan fingerprint density at radius 2 is 2.41 bits per heavy atom. The van der Waals surface area contributed by atoms with Crippen molar-refractivity contribution in [2.24, 2.45) is 0 Å². The lowest BCUT2D eigenvalue weighted by atomic mass is 10.1. The van der Waals surface area contributed by atoms with E-state index in [2.05, 4.69) is 22.0 Å². The Bertz CT molecular complexity index is 340. The van der Waals surface area contributed by atoms with Crippen molar-refractivity contribution in [1.29, 1.82) is 0 Å². The van der Waals surface area contributed by atoms with Crippen molar-refractivity contribution < 1.29 is 9.63 Å². The first-order chi connectivity index (χ1) is 8.33. The molecule has 1 atom stereocenters. The summed E-state index contributed by atoms with van der Waals surface area (Å²) in [7, 11) is 0. The van der Waals surface area contributed by atoms with E-state index >= 15 is 0 Å². The van der Waals surface area contributed by atoms with Crippen molar-refractivity contribution in [2.75, 3.05) is 13.2 Å². The van der Waals surface area contributed by atoms with Crippen LogP contribution in [-0.2, 0) is 13.0 Å². The minimum Gasteiger partial charge on any atom is -0.396 e. The van der Waals surface area contributed by atoms with Gasteiger partial charge in [-0.15, -0.1) is 0 Å². The van der Waals surface area contributed by atoms with E-state index < -0.39 is 0 Å². The molecule has 1 aliphatic rings. The van der Waals surface area contributed by atoms with Gasteiger partial charge in [0.1, 0.15) is 0 Å². The fourth-order valence-corrected chi connectivity index (χ4v) is 2.43. The summed E-state index contributed by atoms with van der Waals surface area (Å²) in [5.74, 6) is 1.51. The van der Waals surface area contributed by atoms with E-state index in [1.165, 1.54) is 6.42 Å². The fourth-order valence-electron chi connectivity index (χ4n) is 2.43. The molecule has 1 fully saturated rings. The average Bonchev–Trinajstić information content (AvgIpc) is 2.91. The molecule has 1 N–H and O–H groups in total. The molecule has 5 heteroatoms. The molecule has 2 heterocycles. The van der Waals surface area contributed by atoms with Gasteiger partial charge in [0, 0.05) is 19.1 Å². The predicted octanol–water partition coefficient (Wildman–Crippen LogP) is 1.37. The van der Waals surface area contributed by atoms with E-state index in [4.69, 9.17) is 9.63 Å². The minimum atomic E-state index is 0.256. The Morgan fingerprint density at radius 1 is 1.53 bits per heavy atom. The molecule has 1 unspecified atom stereocenters. The van der Waals surface area contributed by atoms with E-state index in [0.717, 1.165) is 44.6 Å². The summed E-state index contributed by atoms with van der Waals surface area (Å²) in [4.78, 5) is 6.71. The van der Waals surface area contributed by atoms with Crippen molar-refractivity contribution >= 4 is 0 Å². The number of nitrogens with zero attached hydrogens (tertiary/aromatic N) is 3. The van der Waals surface area contributed by atoms with Crippen LogP contribution in [0.1, 0.15) is 44.3 Å². The van der Waals surface area contributed by atoms with Crippen LogP contribution in [0.15, 0.2) is 4.52 Å². The summed E-state index contributed by atoms with van der Waals surface area (Å²) >= 11 is 0. The van der Waals surface area contributed by atoms with Gasteiger partial charge < -0.3 is 9.63 Å². The van der Waals surface area contributed by atoms with Crippen LogP contribution >= 0.6 is 0 Å². The molecule has 0 spiro atoms. The van der Waals surface area contributed by atoms with Crippen molar-refractivity contribution in [3.63, 3.8) is 0 Å². The van der Waals surface area contributed by atoms with Gasteiger partial charge >= 0.3 is 0 Å². The van der Waals surface area contributed by atoms with Gasteiger partial charge in [-0.05, 0) is 32.2 Å². The number of rotatable bonds is 6. The number of hydrogen-bond donors (Lipinski definition) is 1. The summed E-state index contributed by atoms with van der Waals surface area (Å²) in [5.41, 5.74) is 0. The maximum Gasteiger partial charge on any atom is 0.240 e. The Labute approximate surface area is 102 Å². The normalized spacial score (nSPS) is 21.2. The third-order valence-corrected chi connectivity index (χ3v) is 3.28. The average molecular weight is 239 g/mol. The highest BCUT2D eigenvalue weighted by atomic mass is 16.5. The summed E-state index contributed by atoms with van der Waals surface area (Å²) < 4.78 is 5.24. The molecule has 0 aromatic carbocycles. The lowest BCUT2D eigenvalue weighted by molar-refractivity contribution is 0.173. The molecule has 2 rings (SSSR count). The summed E-state index contributed by atoms with van der Waals surface area (Å²) in [5, 5.41) is 13.0. The van der Waals surface area contributed by atoms with Crippen LogP contribution in [-0.4, -0.2) is 39.3 Å². The van der Waals surface area contributed by atoms with Gasteiger partial charge in [-0.3, -0.25) is 4.90 Å². The molecule has 1 aliphatic heterocycles. The van der Waals surface area contributed by atoms with Crippen LogP contribution in [0.3, 0.4) is 0 Å². The number of aryl methyl sites for hydroxylation is 1. The zero-order chi connectivity index (χ0) is 12.1. The number of aliphatic hydroxyl groups excluding tert-OH is 1. The molecule has 5 nitrogen and oxygen atoms in total. The van der Waals surface area contributed by atoms with Gasteiger partial charge in [0.2, 0.25) is 5.89 Å². The summed E-state index contributed by atoms with van der Waals surface area (Å²) in [6.45, 7) is 4.15. The molecule has 0 bridgehead atoms. The largest absolute Gasteiger partial charge is 0.396 e. The SMILES string of the molecule is CCCc1noc(CN2CCCC2CCO)n1. The van der Waals surface area contributed by atoms with E-state index in [0.29, 0.717) is 11.9 Å². The highest BCUT2D eigenvalue weighted by molar-refractivity contribution is 4.89. The third-order valence-electron chi connectivity index (χ3n) is 3.28. The molecule has 0 saturated carbocycles. The van der Waals surface area contributed by atoms with Gasteiger partial charge in [-0.25, -0.2) is 0 Å². The maximum absolute atomic E-state index is 9.01. The lowest BCUT2D eigenvalue weighted by Crippen LogP contribution is -2.29. The van der Waals surface area contributed by atoms with Gasteiger partial charge in [0.25, 0.3) is 0 Å². The van der Waals surface area contributed by atoms with Crippen molar-refractivity contribution in [3.05, 3.63) is 11.7 Å². The van der Waals surface area contributed by atoms with Gasteiger partial charge in [-0.2, -0.15) is 4.98 Å². The maximum atomic E-state index is 9.01. The zero-order valence-electron chi connectivity index (χ0n) is 10.4. The monoisotopic (exact) mass is 239 g/mol. The van der Waals surface area contributed by atoms with Crippen molar-refractivity contribution in [3.8, 4) is 0 Å². The molecule has 0 amide bonds. The van der Waals surface area contributed by atoms with Gasteiger partial charge in [0.15, 0.2) is 5.82 Å². The first-order valence-corrected chi connectivity index (χ1v) is 6.50. The second-order valence-corrected chi connectivity index (χ2v) is 4.63. The van der Waals surface area contributed by atoms with Crippen LogP contribution < -0.4 is 0 Å². The first kappa shape index (κ1) is 12.5. The molecule has 0 aliphatic carbocycles. The van der Waals surface area contributed by atoms with Crippen LogP contribution in [0.25, 0.3) is 0 Å². The van der Waals surface area contributed by atoms with E-state index in [-0.39, 0.29) is 6.61 Å². The van der Waals surface area contributed by atoms with Gasteiger partial charge in [-0.1, -0.05) is 12.1 Å². The van der Waals surface area contributed by atoms with E-state index in [9.17, 15) is 0 Å². The Hall–Kier alpha value is -0.940. The molecular formula is C12H21N3O2. The first-order valence-electron chi connectivity index (χ1n) is 6.50. The standard InChI is InChI=1S/C12H21N3O2/c1-2-4-11-13-12(17-14-11)9-15-7-3-5-10(15)6-8-16/h10,16H,2-9H2,1H3. The van der Waals surface area contributed by atoms with Crippen LogP contribution in [0, 0.1) is 0 Å². The number of likely N-dealkylation sites (tertiary alicyclic amines) is 1. The van der Waals surface area contributed by atoms with Gasteiger partial charge in [0.05, 0.1) is 6.54 Å². The highest BCUT2D eigenvalue weighted by Crippen LogP contribution is 2.21. The second-order valence-electron chi connectivity index (χ2n) is 4.63. The van der Waals surface area contributed by atoms with Crippen LogP contribution in [0.2, 0.25) is 0 Å². The summed E-state index contributed by atoms with van der Waals surface area (Å²) in [6, 6.07) is 0.474. The molecule has 17 heavy (non-hydrogen) atoms. The predicted molar refractivity (Wildman–Crippen MR) is 63.4 cm³/mol. The van der Waals surface area contributed by atoms with Crippen LogP contribution in [0.5, 0.6) is 0 Å².